The molecule has 1 aliphatic heterocycles. The molecular formula is C21H27N3O6. The summed E-state index contributed by atoms with van der Waals surface area (Å²) in [5.74, 6) is -1.84. The van der Waals surface area contributed by atoms with Crippen molar-refractivity contribution in [2.75, 3.05) is 0 Å². The van der Waals surface area contributed by atoms with Crippen molar-refractivity contribution in [3.8, 4) is 0 Å². The number of aliphatic hydroxyl groups is 1. The molecular weight excluding hydrogens is 390 g/mol. The number of hydrogen-bond acceptors (Lipinski definition) is 5. The minimum Gasteiger partial charge on any atom is -0.480 e. The van der Waals surface area contributed by atoms with Gasteiger partial charge < -0.3 is 30.2 Å². The van der Waals surface area contributed by atoms with E-state index >= 15 is 0 Å². The molecule has 1 aliphatic rings. The molecule has 0 radical (unpaired) electrons. The molecule has 2 aromatic rings. The molecule has 9 nitrogen and oxygen atoms in total. The number of aliphatic hydroxyl groups excluding tert-OH is 1. The van der Waals surface area contributed by atoms with Gasteiger partial charge in [-0.15, -0.1) is 0 Å². The first-order chi connectivity index (χ1) is 14.0. The average molecular weight is 417 g/mol. The Hall–Kier alpha value is -3.07. The van der Waals surface area contributed by atoms with E-state index in [2.05, 4.69) is 10.3 Å². The van der Waals surface area contributed by atoms with Crippen LogP contribution < -0.4 is 5.32 Å². The number of para-hydroxylation sites is 1. The van der Waals surface area contributed by atoms with Crippen molar-refractivity contribution in [1.29, 1.82) is 0 Å². The summed E-state index contributed by atoms with van der Waals surface area (Å²) in [7, 11) is 0. The lowest BCUT2D eigenvalue weighted by molar-refractivity contribution is -0.153. The van der Waals surface area contributed by atoms with Gasteiger partial charge in [-0.3, -0.25) is 4.79 Å². The van der Waals surface area contributed by atoms with Crippen LogP contribution in [0.2, 0.25) is 0 Å². The largest absolute Gasteiger partial charge is 0.480 e. The summed E-state index contributed by atoms with van der Waals surface area (Å²) in [5.41, 5.74) is 1.67. The van der Waals surface area contributed by atoms with Crippen molar-refractivity contribution in [3.63, 3.8) is 0 Å². The number of aromatic amines is 1. The summed E-state index contributed by atoms with van der Waals surface area (Å²) in [4.78, 5) is 41.7. The van der Waals surface area contributed by atoms with Gasteiger partial charge in [0.15, 0.2) is 0 Å². The van der Waals surface area contributed by atoms with E-state index in [1.807, 2.05) is 24.3 Å². The Labute approximate surface area is 174 Å². The number of nitrogens with zero attached hydrogens (tertiary/aromatic N) is 1. The van der Waals surface area contributed by atoms with Crippen molar-refractivity contribution in [2.24, 2.45) is 0 Å². The molecule has 2 amide bonds. The SMILES string of the molecule is C[C@@H](O)[C@H](NC(=O)OC(C)(C)C)C(=O)N1Cc2[nH]c3ccccc3c2C[C@H]1C(=O)O. The predicted octanol–water partition coefficient (Wildman–Crippen LogP) is 1.78. The monoisotopic (exact) mass is 417 g/mol. The van der Waals surface area contributed by atoms with Crippen molar-refractivity contribution < 1.29 is 29.3 Å². The fraction of sp³-hybridized carbons (Fsp3) is 0.476. The number of carboxylic acid groups (broad SMARTS) is 1. The van der Waals surface area contributed by atoms with Crippen molar-refractivity contribution >= 4 is 28.9 Å². The molecule has 1 aromatic carbocycles. The molecule has 1 aromatic heterocycles. The lowest BCUT2D eigenvalue weighted by Gasteiger charge is -2.36. The number of amides is 2. The van der Waals surface area contributed by atoms with Crippen LogP contribution >= 0.6 is 0 Å². The molecule has 4 N–H and O–H groups in total. The molecule has 0 spiro atoms. The number of fused-ring (bicyclic) bond motifs is 3. The zero-order valence-electron chi connectivity index (χ0n) is 17.4. The predicted molar refractivity (Wildman–Crippen MR) is 109 cm³/mol. The maximum atomic E-state index is 13.2. The van der Waals surface area contributed by atoms with Gasteiger partial charge in [-0.25, -0.2) is 9.59 Å². The summed E-state index contributed by atoms with van der Waals surface area (Å²) < 4.78 is 5.17. The second-order valence-corrected chi connectivity index (χ2v) is 8.52. The topological polar surface area (TPSA) is 132 Å². The number of aliphatic carboxylic acids is 1. The van der Waals surface area contributed by atoms with Crippen LogP contribution in [0.1, 0.15) is 39.0 Å². The molecule has 162 valence electrons. The lowest BCUT2D eigenvalue weighted by Crippen LogP contribution is -2.59. The summed E-state index contributed by atoms with van der Waals surface area (Å²) in [6, 6.07) is 5.08. The molecule has 0 saturated carbocycles. The van der Waals surface area contributed by atoms with Gasteiger partial charge in [0.05, 0.1) is 12.6 Å². The molecule has 0 saturated heterocycles. The Kier molecular flexibility index (Phi) is 5.76. The average Bonchev–Trinajstić information content (AvgIpc) is 3.00. The minimum absolute atomic E-state index is 0.0268. The van der Waals surface area contributed by atoms with Crippen LogP contribution in [-0.4, -0.2) is 61.9 Å². The number of benzene rings is 1. The van der Waals surface area contributed by atoms with Crippen molar-refractivity contribution in [2.45, 2.75) is 64.4 Å². The summed E-state index contributed by atoms with van der Waals surface area (Å²) in [6.07, 6.45) is -1.99. The van der Waals surface area contributed by atoms with E-state index < -0.39 is 41.8 Å². The zero-order chi connectivity index (χ0) is 22.2. The molecule has 3 rings (SSSR count). The first-order valence-electron chi connectivity index (χ1n) is 9.77. The first kappa shape index (κ1) is 21.6. The Morgan fingerprint density at radius 2 is 1.93 bits per heavy atom. The van der Waals surface area contributed by atoms with Crippen LogP contribution in [0.5, 0.6) is 0 Å². The third-order valence-corrected chi connectivity index (χ3v) is 4.99. The molecule has 9 heteroatoms. The highest BCUT2D eigenvalue weighted by molar-refractivity contribution is 5.92. The van der Waals surface area contributed by atoms with Crippen molar-refractivity contribution in [1.82, 2.24) is 15.2 Å². The number of carbonyl (C=O) groups excluding carboxylic acids is 2. The number of hydrogen-bond donors (Lipinski definition) is 4. The van der Waals surface area contributed by atoms with Gasteiger partial charge >= 0.3 is 12.1 Å². The van der Waals surface area contributed by atoms with Gasteiger partial charge in [-0.05, 0) is 39.3 Å². The van der Waals surface area contributed by atoms with E-state index in [0.29, 0.717) is 0 Å². The number of H-pyrrole nitrogens is 1. The molecule has 0 aliphatic carbocycles. The quantitative estimate of drug-likeness (QED) is 0.600. The zero-order valence-corrected chi connectivity index (χ0v) is 17.4. The number of rotatable bonds is 4. The van der Waals surface area contributed by atoms with E-state index in [0.717, 1.165) is 22.2 Å². The van der Waals surface area contributed by atoms with Crippen LogP contribution in [-0.2, 0) is 27.3 Å². The van der Waals surface area contributed by atoms with E-state index in [9.17, 15) is 24.6 Å². The summed E-state index contributed by atoms with van der Waals surface area (Å²) in [5, 5.41) is 23.2. The highest BCUT2D eigenvalue weighted by Gasteiger charge is 2.41. The molecule has 3 atom stereocenters. The molecule has 30 heavy (non-hydrogen) atoms. The van der Waals surface area contributed by atoms with Gasteiger partial charge in [-0.1, -0.05) is 18.2 Å². The Morgan fingerprint density at radius 1 is 1.27 bits per heavy atom. The molecule has 2 heterocycles. The van der Waals surface area contributed by atoms with E-state index in [1.54, 1.807) is 20.8 Å². The third kappa shape index (κ3) is 4.40. The van der Waals surface area contributed by atoms with Crippen LogP contribution in [0, 0.1) is 0 Å². The van der Waals surface area contributed by atoms with Gasteiger partial charge in [-0.2, -0.15) is 0 Å². The van der Waals surface area contributed by atoms with Crippen molar-refractivity contribution in [3.05, 3.63) is 35.5 Å². The number of aromatic nitrogens is 1. The first-order valence-corrected chi connectivity index (χ1v) is 9.77. The number of carboxylic acids is 1. The number of carbonyl (C=O) groups is 3. The highest BCUT2D eigenvalue weighted by Crippen LogP contribution is 2.31. The smallest absolute Gasteiger partial charge is 0.408 e. The van der Waals surface area contributed by atoms with Crippen LogP contribution in [0.3, 0.4) is 0 Å². The second kappa shape index (κ2) is 7.98. The number of alkyl carbamates (subject to hydrolysis) is 1. The fourth-order valence-corrected chi connectivity index (χ4v) is 3.66. The summed E-state index contributed by atoms with van der Waals surface area (Å²) >= 11 is 0. The van der Waals surface area contributed by atoms with E-state index in [1.165, 1.54) is 11.8 Å². The van der Waals surface area contributed by atoms with Crippen LogP contribution in [0.15, 0.2) is 24.3 Å². The normalized spacial score (nSPS) is 18.4. The van der Waals surface area contributed by atoms with Gasteiger partial charge in [0.2, 0.25) is 5.91 Å². The molecule has 0 fully saturated rings. The minimum atomic E-state index is -1.34. The maximum absolute atomic E-state index is 13.2. The Morgan fingerprint density at radius 3 is 2.53 bits per heavy atom. The number of nitrogens with one attached hydrogen (secondary N) is 2. The maximum Gasteiger partial charge on any atom is 0.408 e. The van der Waals surface area contributed by atoms with E-state index in [4.69, 9.17) is 4.74 Å². The fourth-order valence-electron chi connectivity index (χ4n) is 3.66. The van der Waals surface area contributed by atoms with Crippen LogP contribution in [0.4, 0.5) is 4.79 Å². The standard InChI is InChI=1S/C21H27N3O6/c1-11(25)17(23-20(29)30-21(2,3)4)18(26)24-10-15-13(9-16(24)19(27)28)12-7-5-6-8-14(12)22-15/h5-8,11,16-17,22,25H,9-10H2,1-4H3,(H,23,29)(H,27,28)/t11-,16+,17+/m1/s1. The summed E-state index contributed by atoms with van der Waals surface area (Å²) in [6.45, 7) is 6.41. The molecule has 0 bridgehead atoms. The van der Waals surface area contributed by atoms with E-state index in [-0.39, 0.29) is 13.0 Å². The van der Waals surface area contributed by atoms with Gasteiger partial charge in [0, 0.05) is 23.0 Å². The Balaban J connectivity index is 1.89. The molecule has 0 unspecified atom stereocenters. The van der Waals surface area contributed by atoms with Gasteiger partial charge in [0.1, 0.15) is 17.7 Å². The third-order valence-electron chi connectivity index (χ3n) is 4.99. The second-order valence-electron chi connectivity index (χ2n) is 8.52. The number of ether oxygens (including phenoxy) is 1. The van der Waals surface area contributed by atoms with Crippen LogP contribution in [0.25, 0.3) is 10.9 Å². The highest BCUT2D eigenvalue weighted by atomic mass is 16.6. The van der Waals surface area contributed by atoms with Gasteiger partial charge in [0.25, 0.3) is 0 Å². The Bertz CT molecular complexity index is 975. The lowest BCUT2D eigenvalue weighted by atomic mass is 9.95.